The minimum Gasteiger partial charge on any atom is -0.453 e. The molecule has 0 bridgehead atoms. The molecule has 2 aliphatic rings. The van der Waals surface area contributed by atoms with Gasteiger partial charge in [-0.15, -0.1) is 0 Å². The number of rotatable bonds is 4. The molecule has 2 amide bonds. The number of nitrogens with zero attached hydrogens (tertiary/aromatic N) is 2. The van der Waals surface area contributed by atoms with Gasteiger partial charge in [-0.05, 0) is 90.0 Å². The SMILES string of the molecule is Cc1nn(C)c(C)c1Oc1ccc(I)cc1[C@H]1NC(=O)C[C@@H](c2cccc(Cl)c2)C12C(=O)Nc1cc(Cl)ccc12. The number of halogens is 3. The van der Waals surface area contributed by atoms with Crippen LogP contribution >= 0.6 is 45.8 Å². The summed E-state index contributed by atoms with van der Waals surface area (Å²) < 4.78 is 9.23. The van der Waals surface area contributed by atoms with E-state index in [2.05, 4.69) is 38.3 Å². The molecule has 2 N–H and O–H groups in total. The van der Waals surface area contributed by atoms with Crippen molar-refractivity contribution in [1.82, 2.24) is 15.1 Å². The quantitative estimate of drug-likeness (QED) is 0.227. The number of hydrogen-bond acceptors (Lipinski definition) is 4. The van der Waals surface area contributed by atoms with Crippen molar-refractivity contribution < 1.29 is 14.3 Å². The molecule has 4 aromatic rings. The van der Waals surface area contributed by atoms with E-state index < -0.39 is 17.4 Å². The van der Waals surface area contributed by atoms with Gasteiger partial charge in [0.05, 0.1) is 11.7 Å². The number of anilines is 1. The number of nitrogens with one attached hydrogen (secondary N) is 2. The molecule has 1 aromatic heterocycles. The van der Waals surface area contributed by atoms with Gasteiger partial charge in [0.1, 0.15) is 16.9 Å². The molecule has 3 atom stereocenters. The van der Waals surface area contributed by atoms with Crippen LogP contribution in [0.1, 0.15) is 46.5 Å². The van der Waals surface area contributed by atoms with Gasteiger partial charge < -0.3 is 15.4 Å². The Kier molecular flexibility index (Phi) is 6.83. The molecule has 7 nitrogen and oxygen atoms in total. The maximum atomic E-state index is 14.4. The van der Waals surface area contributed by atoms with Crippen LogP contribution in [0.2, 0.25) is 10.0 Å². The summed E-state index contributed by atoms with van der Waals surface area (Å²) >= 11 is 15.0. The third-order valence-electron chi connectivity index (χ3n) is 7.94. The van der Waals surface area contributed by atoms with E-state index in [9.17, 15) is 9.59 Å². The highest BCUT2D eigenvalue weighted by atomic mass is 127. The Morgan fingerprint density at radius 2 is 1.82 bits per heavy atom. The zero-order valence-electron chi connectivity index (χ0n) is 21.9. The standard InChI is InChI=1S/C30H25Cl2IN4O3/c1-15-27(16(2)37(3)36-15)40-25-10-8-20(33)13-21(25)28-30(22-9-7-19(32)12-24(22)34-29(30)39)23(14-26(38)35-28)17-5-4-6-18(31)11-17/h4-13,23,28H,14H2,1-3H3,(H,34,39)(H,35,38)/t23-,28+,30?/m0/s1. The van der Waals surface area contributed by atoms with Gasteiger partial charge in [0.25, 0.3) is 0 Å². The molecule has 6 rings (SSSR count). The fourth-order valence-electron chi connectivity index (χ4n) is 6.12. The van der Waals surface area contributed by atoms with E-state index in [-0.39, 0.29) is 18.2 Å². The van der Waals surface area contributed by atoms with E-state index in [0.29, 0.717) is 32.8 Å². The first-order chi connectivity index (χ1) is 19.1. The maximum absolute atomic E-state index is 14.4. The van der Waals surface area contributed by atoms with Crippen LogP contribution in [0, 0.1) is 17.4 Å². The minimum absolute atomic E-state index is 0.104. The Labute approximate surface area is 255 Å². The zero-order valence-corrected chi connectivity index (χ0v) is 25.6. The molecule has 3 heterocycles. The molecular formula is C30H25Cl2IN4O3. The number of carbonyl (C=O) groups is 2. The van der Waals surface area contributed by atoms with Gasteiger partial charge in [-0.2, -0.15) is 5.10 Å². The summed E-state index contributed by atoms with van der Waals surface area (Å²) in [5.74, 6) is 0.259. The lowest BCUT2D eigenvalue weighted by atomic mass is 9.59. The first kappa shape index (κ1) is 27.1. The third kappa shape index (κ3) is 4.28. The number of hydrogen-bond donors (Lipinski definition) is 2. The monoisotopic (exact) mass is 686 g/mol. The minimum atomic E-state index is -1.21. The molecule has 1 fully saturated rings. The molecule has 0 saturated carbocycles. The lowest BCUT2D eigenvalue weighted by Gasteiger charge is -2.46. The van der Waals surface area contributed by atoms with E-state index in [1.807, 2.05) is 63.4 Å². The Morgan fingerprint density at radius 3 is 2.55 bits per heavy atom. The molecule has 0 aliphatic carbocycles. The first-order valence-electron chi connectivity index (χ1n) is 12.7. The van der Waals surface area contributed by atoms with Crippen LogP contribution in [0.5, 0.6) is 11.5 Å². The summed E-state index contributed by atoms with van der Waals surface area (Å²) in [6.45, 7) is 3.82. The molecule has 10 heteroatoms. The largest absolute Gasteiger partial charge is 0.453 e. The van der Waals surface area contributed by atoms with Crippen molar-refractivity contribution >= 4 is 63.3 Å². The van der Waals surface area contributed by atoms with Gasteiger partial charge in [0, 0.05) is 44.3 Å². The highest BCUT2D eigenvalue weighted by molar-refractivity contribution is 14.1. The van der Waals surface area contributed by atoms with Crippen LogP contribution in [0.3, 0.4) is 0 Å². The number of aromatic nitrogens is 2. The van der Waals surface area contributed by atoms with E-state index in [1.54, 1.807) is 22.9 Å². The second-order valence-corrected chi connectivity index (χ2v) is 12.4. The summed E-state index contributed by atoms with van der Waals surface area (Å²) in [4.78, 5) is 27.8. The highest BCUT2D eigenvalue weighted by Crippen LogP contribution is 2.58. The molecule has 3 aromatic carbocycles. The average molecular weight is 687 g/mol. The topological polar surface area (TPSA) is 85.2 Å². The maximum Gasteiger partial charge on any atom is 0.238 e. The van der Waals surface area contributed by atoms with Gasteiger partial charge in [0.2, 0.25) is 11.8 Å². The first-order valence-corrected chi connectivity index (χ1v) is 14.6. The number of fused-ring (bicyclic) bond motifs is 2. The molecule has 1 unspecified atom stereocenters. The summed E-state index contributed by atoms with van der Waals surface area (Å²) in [5.41, 5.74) is 3.26. The number of ether oxygens (including phenoxy) is 1. The van der Waals surface area contributed by atoms with Crippen molar-refractivity contribution in [3.63, 3.8) is 0 Å². The summed E-state index contributed by atoms with van der Waals surface area (Å²) in [7, 11) is 1.86. The Bertz CT molecular complexity index is 1700. The van der Waals surface area contributed by atoms with E-state index in [1.165, 1.54) is 0 Å². The van der Waals surface area contributed by atoms with E-state index in [4.69, 9.17) is 27.9 Å². The van der Waals surface area contributed by atoms with Crippen molar-refractivity contribution in [3.8, 4) is 11.5 Å². The van der Waals surface area contributed by atoms with Gasteiger partial charge in [-0.1, -0.05) is 41.4 Å². The second-order valence-electron chi connectivity index (χ2n) is 10.2. The highest BCUT2D eigenvalue weighted by Gasteiger charge is 2.61. The predicted octanol–water partition coefficient (Wildman–Crippen LogP) is 6.98. The van der Waals surface area contributed by atoms with Crippen LogP contribution in [-0.4, -0.2) is 21.6 Å². The molecule has 1 spiro atoms. The molecule has 0 radical (unpaired) electrons. The van der Waals surface area contributed by atoms with Crippen LogP contribution in [0.25, 0.3) is 0 Å². The van der Waals surface area contributed by atoms with Gasteiger partial charge in [0.15, 0.2) is 5.75 Å². The number of benzene rings is 3. The average Bonchev–Trinajstić information content (AvgIpc) is 3.32. The van der Waals surface area contributed by atoms with Gasteiger partial charge in [-0.3, -0.25) is 14.3 Å². The summed E-state index contributed by atoms with van der Waals surface area (Å²) in [6.07, 6.45) is 0.104. The van der Waals surface area contributed by atoms with Crippen molar-refractivity contribution in [3.05, 3.63) is 102 Å². The zero-order chi connectivity index (χ0) is 28.3. The van der Waals surface area contributed by atoms with Crippen LogP contribution in [0.15, 0.2) is 60.7 Å². The van der Waals surface area contributed by atoms with Crippen molar-refractivity contribution in [1.29, 1.82) is 0 Å². The molecule has 40 heavy (non-hydrogen) atoms. The third-order valence-corrected chi connectivity index (χ3v) is 9.08. The summed E-state index contributed by atoms with van der Waals surface area (Å²) in [6, 6.07) is 17.8. The van der Waals surface area contributed by atoms with Gasteiger partial charge in [-0.25, -0.2) is 0 Å². The molecule has 204 valence electrons. The molecular weight excluding hydrogens is 662 g/mol. The predicted molar refractivity (Wildman–Crippen MR) is 163 cm³/mol. The van der Waals surface area contributed by atoms with Crippen LogP contribution < -0.4 is 15.4 Å². The van der Waals surface area contributed by atoms with Crippen LogP contribution in [0.4, 0.5) is 5.69 Å². The van der Waals surface area contributed by atoms with E-state index >= 15 is 0 Å². The fourth-order valence-corrected chi connectivity index (χ4v) is 7.01. The number of amides is 2. The summed E-state index contributed by atoms with van der Waals surface area (Å²) in [5, 5.41) is 11.8. The smallest absolute Gasteiger partial charge is 0.238 e. The Hall–Kier alpha value is -3.08. The lowest BCUT2D eigenvalue weighted by molar-refractivity contribution is -0.131. The molecule has 2 aliphatic heterocycles. The van der Waals surface area contributed by atoms with Crippen molar-refractivity contribution in [2.45, 2.75) is 37.6 Å². The number of carbonyl (C=O) groups excluding carboxylic acids is 2. The second kappa shape index (κ2) is 10.1. The normalized spacial score (nSPS) is 21.8. The number of piperidine rings is 1. The lowest BCUT2D eigenvalue weighted by Crippen LogP contribution is -2.56. The van der Waals surface area contributed by atoms with Crippen molar-refractivity contribution in [2.75, 3.05) is 5.32 Å². The fraction of sp³-hybridized carbons (Fsp3) is 0.233. The Balaban J connectivity index is 1.62. The Morgan fingerprint density at radius 1 is 1.05 bits per heavy atom. The van der Waals surface area contributed by atoms with Gasteiger partial charge >= 0.3 is 0 Å². The van der Waals surface area contributed by atoms with E-state index in [0.717, 1.165) is 26.1 Å². The number of aryl methyl sites for hydroxylation is 2. The van der Waals surface area contributed by atoms with Crippen LogP contribution in [-0.2, 0) is 22.1 Å². The van der Waals surface area contributed by atoms with Crippen molar-refractivity contribution in [2.24, 2.45) is 7.05 Å². The molecule has 1 saturated heterocycles.